The van der Waals surface area contributed by atoms with Gasteiger partial charge in [0, 0.05) is 18.4 Å². The van der Waals surface area contributed by atoms with Gasteiger partial charge in [0.2, 0.25) is 0 Å². The predicted molar refractivity (Wildman–Crippen MR) is 52.2 cm³/mol. The SMILES string of the molecule is CCC(CBr)CN(C)CCO. The second-order valence-electron chi connectivity index (χ2n) is 2.91. The molecule has 1 atom stereocenters. The molecule has 0 aromatic carbocycles. The minimum absolute atomic E-state index is 0.259. The lowest BCUT2D eigenvalue weighted by Gasteiger charge is -2.20. The van der Waals surface area contributed by atoms with E-state index < -0.39 is 0 Å². The summed E-state index contributed by atoms with van der Waals surface area (Å²) in [4.78, 5) is 2.16. The van der Waals surface area contributed by atoms with Gasteiger partial charge in [-0.3, -0.25) is 0 Å². The van der Waals surface area contributed by atoms with Crippen molar-refractivity contribution in [2.75, 3.05) is 32.1 Å². The fourth-order valence-electron chi connectivity index (χ4n) is 0.990. The van der Waals surface area contributed by atoms with Crippen molar-refractivity contribution in [1.82, 2.24) is 4.90 Å². The highest BCUT2D eigenvalue weighted by molar-refractivity contribution is 9.09. The monoisotopic (exact) mass is 223 g/mol. The summed E-state index contributed by atoms with van der Waals surface area (Å²) < 4.78 is 0. The molecule has 0 aliphatic heterocycles. The summed E-state index contributed by atoms with van der Waals surface area (Å²) in [5.74, 6) is 0.714. The van der Waals surface area contributed by atoms with E-state index in [-0.39, 0.29) is 6.61 Å². The highest BCUT2D eigenvalue weighted by Crippen LogP contribution is 2.07. The number of aliphatic hydroxyl groups is 1. The van der Waals surface area contributed by atoms with Crippen LogP contribution in [0.2, 0.25) is 0 Å². The van der Waals surface area contributed by atoms with Crippen LogP contribution in [0.1, 0.15) is 13.3 Å². The molecule has 0 aromatic rings. The third-order valence-corrected chi connectivity index (χ3v) is 2.76. The molecule has 0 saturated heterocycles. The molecule has 0 saturated carbocycles. The zero-order chi connectivity index (χ0) is 8.69. The Bertz CT molecular complexity index is 86.2. The van der Waals surface area contributed by atoms with Crippen LogP contribution in [-0.2, 0) is 0 Å². The molecule has 68 valence electrons. The number of hydrogen-bond donors (Lipinski definition) is 1. The van der Waals surface area contributed by atoms with E-state index in [4.69, 9.17) is 5.11 Å². The molecule has 0 rings (SSSR count). The Morgan fingerprint density at radius 3 is 2.55 bits per heavy atom. The van der Waals surface area contributed by atoms with Gasteiger partial charge in [-0.15, -0.1) is 0 Å². The molecular formula is C8H18BrNO. The van der Waals surface area contributed by atoms with Gasteiger partial charge < -0.3 is 10.0 Å². The van der Waals surface area contributed by atoms with Gasteiger partial charge in [-0.2, -0.15) is 0 Å². The molecule has 3 heteroatoms. The molecule has 0 radical (unpaired) electrons. The smallest absolute Gasteiger partial charge is 0.0558 e. The molecule has 0 aliphatic rings. The summed E-state index contributed by atoms with van der Waals surface area (Å²) in [5.41, 5.74) is 0. The van der Waals surface area contributed by atoms with Gasteiger partial charge in [0.15, 0.2) is 0 Å². The van der Waals surface area contributed by atoms with Gasteiger partial charge in [-0.05, 0) is 13.0 Å². The third-order valence-electron chi connectivity index (χ3n) is 1.85. The van der Waals surface area contributed by atoms with Crippen molar-refractivity contribution in [2.45, 2.75) is 13.3 Å². The average molecular weight is 224 g/mol. The lowest BCUT2D eigenvalue weighted by Crippen LogP contribution is -2.28. The topological polar surface area (TPSA) is 23.5 Å². The second kappa shape index (κ2) is 7.07. The molecule has 0 heterocycles. The summed E-state index contributed by atoms with van der Waals surface area (Å²) in [5, 5.41) is 9.70. The number of nitrogens with zero attached hydrogens (tertiary/aromatic N) is 1. The van der Waals surface area contributed by atoms with E-state index in [1.54, 1.807) is 0 Å². The number of halogens is 1. The van der Waals surface area contributed by atoms with Crippen LogP contribution < -0.4 is 0 Å². The van der Waals surface area contributed by atoms with Gasteiger partial charge in [0.25, 0.3) is 0 Å². The van der Waals surface area contributed by atoms with Crippen LogP contribution in [0, 0.1) is 5.92 Å². The number of aliphatic hydroxyl groups excluding tert-OH is 1. The molecule has 2 nitrogen and oxygen atoms in total. The predicted octanol–water partition coefficient (Wildman–Crippen LogP) is 1.33. The molecule has 0 aliphatic carbocycles. The zero-order valence-corrected chi connectivity index (χ0v) is 8.97. The molecule has 0 amide bonds. The van der Waals surface area contributed by atoms with Crippen molar-refractivity contribution in [3.8, 4) is 0 Å². The molecule has 0 aromatic heterocycles. The largest absolute Gasteiger partial charge is 0.395 e. The van der Waals surface area contributed by atoms with Gasteiger partial charge in [0.1, 0.15) is 0 Å². The van der Waals surface area contributed by atoms with E-state index in [0.717, 1.165) is 18.4 Å². The third kappa shape index (κ3) is 5.65. The Morgan fingerprint density at radius 2 is 2.18 bits per heavy atom. The Kier molecular flexibility index (Phi) is 7.33. The lowest BCUT2D eigenvalue weighted by atomic mass is 10.1. The van der Waals surface area contributed by atoms with Crippen LogP contribution in [0.3, 0.4) is 0 Å². The summed E-state index contributed by atoms with van der Waals surface area (Å²) in [6.45, 7) is 4.31. The Hall–Kier alpha value is 0.400. The molecule has 0 bridgehead atoms. The lowest BCUT2D eigenvalue weighted by molar-refractivity contribution is 0.205. The van der Waals surface area contributed by atoms with Crippen molar-refractivity contribution in [3.63, 3.8) is 0 Å². The molecule has 0 spiro atoms. The molecule has 11 heavy (non-hydrogen) atoms. The molecular weight excluding hydrogens is 206 g/mol. The van der Waals surface area contributed by atoms with Crippen molar-refractivity contribution >= 4 is 15.9 Å². The van der Waals surface area contributed by atoms with Crippen LogP contribution in [0.15, 0.2) is 0 Å². The van der Waals surface area contributed by atoms with Crippen LogP contribution in [0.25, 0.3) is 0 Å². The number of likely N-dealkylation sites (N-methyl/N-ethyl adjacent to an activating group) is 1. The molecule has 1 N–H and O–H groups in total. The summed E-state index contributed by atoms with van der Waals surface area (Å²) >= 11 is 3.47. The first-order valence-electron chi connectivity index (χ1n) is 4.10. The summed E-state index contributed by atoms with van der Waals surface area (Å²) in [7, 11) is 2.04. The van der Waals surface area contributed by atoms with Crippen molar-refractivity contribution in [1.29, 1.82) is 0 Å². The minimum Gasteiger partial charge on any atom is -0.395 e. The van der Waals surface area contributed by atoms with Crippen LogP contribution >= 0.6 is 15.9 Å². The van der Waals surface area contributed by atoms with Gasteiger partial charge >= 0.3 is 0 Å². The summed E-state index contributed by atoms with van der Waals surface area (Å²) in [6.07, 6.45) is 1.20. The maximum Gasteiger partial charge on any atom is 0.0558 e. The van der Waals surface area contributed by atoms with E-state index in [1.165, 1.54) is 6.42 Å². The average Bonchev–Trinajstić information content (AvgIpc) is 2.01. The quantitative estimate of drug-likeness (QED) is 0.688. The van der Waals surface area contributed by atoms with E-state index in [9.17, 15) is 0 Å². The first-order chi connectivity index (χ1) is 5.24. The van der Waals surface area contributed by atoms with Gasteiger partial charge in [-0.25, -0.2) is 0 Å². The first-order valence-corrected chi connectivity index (χ1v) is 5.22. The van der Waals surface area contributed by atoms with Crippen LogP contribution in [0.4, 0.5) is 0 Å². The van der Waals surface area contributed by atoms with Crippen LogP contribution in [-0.4, -0.2) is 42.1 Å². The van der Waals surface area contributed by atoms with Crippen molar-refractivity contribution in [3.05, 3.63) is 0 Å². The number of hydrogen-bond acceptors (Lipinski definition) is 2. The molecule has 0 fully saturated rings. The second-order valence-corrected chi connectivity index (χ2v) is 3.56. The van der Waals surface area contributed by atoms with Crippen molar-refractivity contribution in [2.24, 2.45) is 5.92 Å². The standard InChI is InChI=1S/C8H18BrNO/c1-3-8(6-9)7-10(2)4-5-11/h8,11H,3-7H2,1-2H3. The maximum absolute atomic E-state index is 8.64. The Morgan fingerprint density at radius 1 is 1.55 bits per heavy atom. The Balaban J connectivity index is 3.44. The van der Waals surface area contributed by atoms with Crippen molar-refractivity contribution < 1.29 is 5.11 Å². The highest BCUT2D eigenvalue weighted by atomic mass is 79.9. The summed E-state index contributed by atoms with van der Waals surface area (Å²) in [6, 6.07) is 0. The van der Waals surface area contributed by atoms with E-state index >= 15 is 0 Å². The fourth-order valence-corrected chi connectivity index (χ4v) is 1.65. The fraction of sp³-hybridized carbons (Fsp3) is 1.00. The van der Waals surface area contributed by atoms with E-state index in [0.29, 0.717) is 5.92 Å². The van der Waals surface area contributed by atoms with E-state index in [1.807, 2.05) is 7.05 Å². The maximum atomic E-state index is 8.64. The van der Waals surface area contributed by atoms with E-state index in [2.05, 4.69) is 27.8 Å². The van der Waals surface area contributed by atoms with Gasteiger partial charge in [0.05, 0.1) is 6.61 Å². The normalized spacial score (nSPS) is 13.9. The minimum atomic E-state index is 0.259. The van der Waals surface area contributed by atoms with Crippen LogP contribution in [0.5, 0.6) is 0 Å². The van der Waals surface area contributed by atoms with Gasteiger partial charge in [-0.1, -0.05) is 29.3 Å². The zero-order valence-electron chi connectivity index (χ0n) is 7.39. The Labute approximate surface area is 77.7 Å². The number of rotatable bonds is 6. The number of alkyl halides is 1. The highest BCUT2D eigenvalue weighted by Gasteiger charge is 2.06. The first kappa shape index (κ1) is 11.4. The molecule has 1 unspecified atom stereocenters.